The van der Waals surface area contributed by atoms with Crippen LogP contribution in [-0.4, -0.2) is 33.7 Å². The van der Waals surface area contributed by atoms with Crippen LogP contribution in [-0.2, 0) is 11.8 Å². The number of hydrogen-bond acceptors (Lipinski definition) is 4. The number of carbonyl (C=O) groups is 2. The summed E-state index contributed by atoms with van der Waals surface area (Å²) in [5.41, 5.74) is 5.97. The van der Waals surface area contributed by atoms with Crippen molar-refractivity contribution in [2.75, 3.05) is 5.73 Å². The van der Waals surface area contributed by atoms with Crippen LogP contribution in [0.3, 0.4) is 0 Å². The summed E-state index contributed by atoms with van der Waals surface area (Å²) in [6, 6.07) is -0.307. The molecule has 0 bridgehead atoms. The second-order valence-electron chi connectivity index (χ2n) is 4.55. The third kappa shape index (κ3) is 2.61. The number of nitrogen functional groups attached to an aromatic ring is 1. The lowest BCUT2D eigenvalue weighted by Gasteiger charge is -2.13. The highest BCUT2D eigenvalue weighted by molar-refractivity contribution is 6.00. The number of carbonyl (C=O) groups excluding carboxylic acids is 2. The van der Waals surface area contributed by atoms with Gasteiger partial charge in [-0.1, -0.05) is 0 Å². The van der Waals surface area contributed by atoms with Gasteiger partial charge in [-0.3, -0.25) is 14.3 Å². The van der Waals surface area contributed by atoms with Crippen LogP contribution in [0.5, 0.6) is 0 Å². The zero-order chi connectivity index (χ0) is 13.3. The van der Waals surface area contributed by atoms with Crippen LogP contribution < -0.4 is 16.4 Å². The largest absolute Gasteiger partial charge is 0.383 e. The number of nitrogens with zero attached hydrogens (tertiary/aromatic N) is 2. The molecule has 1 fully saturated rings. The van der Waals surface area contributed by atoms with Crippen LogP contribution in [0.15, 0.2) is 6.20 Å². The minimum Gasteiger partial charge on any atom is -0.383 e. The summed E-state index contributed by atoms with van der Waals surface area (Å²) >= 11 is 0. The van der Waals surface area contributed by atoms with Crippen LogP contribution in [0.1, 0.15) is 30.1 Å². The Balaban J connectivity index is 1.93. The fraction of sp³-hybridized carbons (Fsp3) is 0.545. The van der Waals surface area contributed by atoms with Crippen molar-refractivity contribution in [3.05, 3.63) is 11.8 Å². The highest BCUT2D eigenvalue weighted by atomic mass is 16.2. The summed E-state index contributed by atoms with van der Waals surface area (Å²) in [6.45, 7) is 1.64. The van der Waals surface area contributed by atoms with E-state index < -0.39 is 6.04 Å². The molecule has 1 aromatic rings. The van der Waals surface area contributed by atoms with Crippen LogP contribution in [0, 0.1) is 0 Å². The quantitative estimate of drug-likeness (QED) is 0.665. The maximum absolute atomic E-state index is 11.9. The van der Waals surface area contributed by atoms with Gasteiger partial charge in [0, 0.05) is 13.1 Å². The van der Waals surface area contributed by atoms with E-state index in [-0.39, 0.29) is 29.2 Å². The first-order valence-corrected chi connectivity index (χ1v) is 5.87. The molecule has 7 heteroatoms. The van der Waals surface area contributed by atoms with Gasteiger partial charge in [0.05, 0.1) is 6.20 Å². The molecule has 1 aliphatic carbocycles. The van der Waals surface area contributed by atoms with Crippen molar-refractivity contribution in [1.82, 2.24) is 20.4 Å². The van der Waals surface area contributed by atoms with Gasteiger partial charge in [0.2, 0.25) is 5.91 Å². The fourth-order valence-electron chi connectivity index (χ4n) is 1.52. The molecule has 1 atom stereocenters. The molecule has 2 amide bonds. The summed E-state index contributed by atoms with van der Waals surface area (Å²) in [5, 5.41) is 9.30. The van der Waals surface area contributed by atoms with Gasteiger partial charge < -0.3 is 16.4 Å². The predicted octanol–water partition coefficient (Wildman–Crippen LogP) is -0.601. The van der Waals surface area contributed by atoms with E-state index in [0.29, 0.717) is 0 Å². The number of aryl methyl sites for hydroxylation is 1. The Hall–Kier alpha value is -2.05. The standard InChI is InChI=1S/C11H17N5O2/c1-6(10(17)15-7-3-4-7)14-11(18)8-5-13-16(2)9(8)12/h5-7H,3-4,12H2,1-2H3,(H,14,18)(H,15,17). The first-order chi connectivity index (χ1) is 8.49. The SMILES string of the molecule is CC(NC(=O)c1cnn(C)c1N)C(=O)NC1CC1. The third-order valence-corrected chi connectivity index (χ3v) is 2.89. The van der Waals surface area contributed by atoms with E-state index in [1.54, 1.807) is 14.0 Å². The maximum atomic E-state index is 11.9. The van der Waals surface area contributed by atoms with E-state index >= 15 is 0 Å². The summed E-state index contributed by atoms with van der Waals surface area (Å²) in [7, 11) is 1.65. The minimum absolute atomic E-state index is 0.173. The number of hydrogen-bond donors (Lipinski definition) is 3. The number of rotatable bonds is 4. The van der Waals surface area contributed by atoms with Gasteiger partial charge in [-0.2, -0.15) is 5.10 Å². The van der Waals surface area contributed by atoms with Gasteiger partial charge in [0.15, 0.2) is 0 Å². The summed E-state index contributed by atoms with van der Waals surface area (Å²) < 4.78 is 1.41. The summed E-state index contributed by atoms with van der Waals surface area (Å²) in [5.74, 6) is -0.283. The van der Waals surface area contributed by atoms with E-state index in [4.69, 9.17) is 5.73 Å². The molecule has 0 aliphatic heterocycles. The van der Waals surface area contributed by atoms with Gasteiger partial charge in [0.1, 0.15) is 17.4 Å². The molecule has 2 rings (SSSR count). The molecule has 18 heavy (non-hydrogen) atoms. The van der Waals surface area contributed by atoms with Crippen molar-refractivity contribution in [3.8, 4) is 0 Å². The van der Waals surface area contributed by atoms with Crippen molar-refractivity contribution >= 4 is 17.6 Å². The van der Waals surface area contributed by atoms with Gasteiger partial charge in [-0.05, 0) is 19.8 Å². The molecule has 0 saturated heterocycles. The molecule has 1 heterocycles. The Morgan fingerprint density at radius 1 is 1.56 bits per heavy atom. The fourth-order valence-corrected chi connectivity index (χ4v) is 1.52. The maximum Gasteiger partial charge on any atom is 0.257 e. The van der Waals surface area contributed by atoms with Crippen LogP contribution in [0.2, 0.25) is 0 Å². The van der Waals surface area contributed by atoms with Gasteiger partial charge in [-0.25, -0.2) is 0 Å². The lowest BCUT2D eigenvalue weighted by molar-refractivity contribution is -0.122. The Morgan fingerprint density at radius 2 is 2.22 bits per heavy atom. The highest BCUT2D eigenvalue weighted by Gasteiger charge is 2.26. The van der Waals surface area contributed by atoms with Crippen molar-refractivity contribution in [2.24, 2.45) is 7.05 Å². The minimum atomic E-state index is -0.585. The number of amides is 2. The van der Waals surface area contributed by atoms with Gasteiger partial charge in [0.25, 0.3) is 5.91 Å². The average Bonchev–Trinajstić information content (AvgIpc) is 3.06. The molecule has 98 valence electrons. The van der Waals surface area contributed by atoms with Gasteiger partial charge in [-0.15, -0.1) is 0 Å². The zero-order valence-corrected chi connectivity index (χ0v) is 10.4. The smallest absolute Gasteiger partial charge is 0.257 e. The Bertz CT molecular complexity index is 478. The Labute approximate surface area is 105 Å². The molecule has 4 N–H and O–H groups in total. The third-order valence-electron chi connectivity index (χ3n) is 2.89. The highest BCUT2D eigenvalue weighted by Crippen LogP contribution is 2.18. The first-order valence-electron chi connectivity index (χ1n) is 5.87. The number of aromatic nitrogens is 2. The lowest BCUT2D eigenvalue weighted by atomic mass is 10.2. The Kier molecular flexibility index (Phi) is 3.22. The van der Waals surface area contributed by atoms with Crippen LogP contribution in [0.4, 0.5) is 5.82 Å². The first kappa shape index (κ1) is 12.4. The van der Waals surface area contributed by atoms with Gasteiger partial charge >= 0.3 is 0 Å². The lowest BCUT2D eigenvalue weighted by Crippen LogP contribution is -2.45. The molecule has 1 aliphatic rings. The van der Waals surface area contributed by atoms with Crippen molar-refractivity contribution in [3.63, 3.8) is 0 Å². The van der Waals surface area contributed by atoms with Crippen molar-refractivity contribution < 1.29 is 9.59 Å². The van der Waals surface area contributed by atoms with E-state index in [1.807, 2.05) is 0 Å². The van der Waals surface area contributed by atoms with E-state index in [0.717, 1.165) is 12.8 Å². The average molecular weight is 251 g/mol. The monoisotopic (exact) mass is 251 g/mol. The van der Waals surface area contributed by atoms with Crippen LogP contribution >= 0.6 is 0 Å². The van der Waals surface area contributed by atoms with Crippen molar-refractivity contribution in [1.29, 1.82) is 0 Å². The predicted molar refractivity (Wildman–Crippen MR) is 65.7 cm³/mol. The number of anilines is 1. The molecule has 7 nitrogen and oxygen atoms in total. The van der Waals surface area contributed by atoms with E-state index in [2.05, 4.69) is 15.7 Å². The normalized spacial score (nSPS) is 16.1. The molecule has 1 unspecified atom stereocenters. The van der Waals surface area contributed by atoms with Crippen LogP contribution in [0.25, 0.3) is 0 Å². The molecule has 0 radical (unpaired) electrons. The summed E-state index contributed by atoms with van der Waals surface area (Å²) in [4.78, 5) is 23.5. The molecule has 0 aromatic carbocycles. The second-order valence-corrected chi connectivity index (χ2v) is 4.55. The Morgan fingerprint density at radius 3 is 2.72 bits per heavy atom. The molecular weight excluding hydrogens is 234 g/mol. The van der Waals surface area contributed by atoms with E-state index in [9.17, 15) is 9.59 Å². The molecule has 0 spiro atoms. The molecular formula is C11H17N5O2. The number of nitrogens with one attached hydrogen (secondary N) is 2. The summed E-state index contributed by atoms with van der Waals surface area (Å²) in [6.07, 6.45) is 3.42. The topological polar surface area (TPSA) is 102 Å². The van der Waals surface area contributed by atoms with E-state index in [1.165, 1.54) is 10.9 Å². The molecule has 1 saturated carbocycles. The van der Waals surface area contributed by atoms with Crippen molar-refractivity contribution in [2.45, 2.75) is 31.8 Å². The zero-order valence-electron chi connectivity index (χ0n) is 10.4. The molecule has 1 aromatic heterocycles. The second kappa shape index (κ2) is 4.67. The number of nitrogens with two attached hydrogens (primary N) is 1.